The van der Waals surface area contributed by atoms with Gasteiger partial charge in [0.15, 0.2) is 0 Å². The fraction of sp³-hybridized carbons (Fsp3) is 0.432. The molecule has 5 N–H and O–H groups in total. The summed E-state index contributed by atoms with van der Waals surface area (Å²) < 4.78 is 4.59. The molecule has 13 heteroatoms. The summed E-state index contributed by atoms with van der Waals surface area (Å²) in [4.78, 5) is 58.1. The molecule has 13 nitrogen and oxygen atoms in total. The van der Waals surface area contributed by atoms with Crippen molar-refractivity contribution in [2.75, 3.05) is 40.9 Å². The van der Waals surface area contributed by atoms with E-state index in [9.17, 15) is 14.4 Å². The highest BCUT2D eigenvalue weighted by Crippen LogP contribution is 2.35. The van der Waals surface area contributed by atoms with E-state index in [0.717, 1.165) is 95.3 Å². The van der Waals surface area contributed by atoms with Crippen LogP contribution in [0.3, 0.4) is 0 Å². The molecule has 3 aliphatic rings. The van der Waals surface area contributed by atoms with Crippen LogP contribution in [0.25, 0.3) is 44.3 Å². The van der Waals surface area contributed by atoms with Gasteiger partial charge in [0.25, 0.3) is 0 Å². The molecule has 3 amide bonds. The number of methoxy groups -OCH3 is 1. The van der Waals surface area contributed by atoms with Crippen molar-refractivity contribution in [1.82, 2.24) is 40.4 Å². The van der Waals surface area contributed by atoms with E-state index in [1.807, 2.05) is 24.1 Å². The second-order valence-electron chi connectivity index (χ2n) is 15.2. The first-order chi connectivity index (χ1) is 27.6. The normalized spacial score (nSPS) is 18.1. The lowest BCUT2D eigenvalue weighted by molar-refractivity contribution is -0.135. The van der Waals surface area contributed by atoms with Gasteiger partial charge in [-0.1, -0.05) is 62.4 Å². The molecule has 302 valence electrons. The van der Waals surface area contributed by atoms with E-state index >= 15 is 0 Å². The van der Waals surface area contributed by atoms with Gasteiger partial charge >= 0.3 is 6.09 Å². The zero-order chi connectivity index (χ0) is 40.6. The van der Waals surface area contributed by atoms with Crippen LogP contribution < -0.4 is 10.6 Å². The maximum absolute atomic E-state index is 13.4. The highest BCUT2D eigenvalue weighted by Gasteiger charge is 2.36. The molecule has 1 aliphatic carbocycles. The summed E-state index contributed by atoms with van der Waals surface area (Å²) in [5.41, 5.74) is 9.34. The van der Waals surface area contributed by atoms with E-state index in [4.69, 9.17) is 15.1 Å². The molecule has 1 saturated carbocycles. The lowest BCUT2D eigenvalue weighted by Gasteiger charge is -2.29. The number of fused-ring (bicyclic) bond motifs is 2. The number of carbonyl (C=O) groups is 3. The number of rotatable bonds is 9. The fourth-order valence-corrected chi connectivity index (χ4v) is 7.92. The molecular formula is C44H56N8O5. The summed E-state index contributed by atoms with van der Waals surface area (Å²) in [6, 6.07) is 20.5. The Labute approximate surface area is 334 Å². The number of aromatic nitrogens is 4. The molecule has 0 radical (unpaired) electrons. The van der Waals surface area contributed by atoms with E-state index in [0.29, 0.717) is 6.54 Å². The largest absolute Gasteiger partial charge is 0.453 e. The average Bonchev–Trinajstić information content (AvgIpc) is 4.05. The monoisotopic (exact) mass is 776 g/mol. The van der Waals surface area contributed by atoms with Crippen molar-refractivity contribution in [3.8, 4) is 22.3 Å². The van der Waals surface area contributed by atoms with Crippen molar-refractivity contribution >= 4 is 40.0 Å². The van der Waals surface area contributed by atoms with E-state index in [-0.39, 0.29) is 42.4 Å². The zero-order valence-corrected chi connectivity index (χ0v) is 33.7. The first-order valence-electron chi connectivity index (χ1n) is 19.9. The summed E-state index contributed by atoms with van der Waals surface area (Å²) in [5, 5.41) is 12.7. The molecule has 3 fully saturated rings. The third-order valence-electron chi connectivity index (χ3n) is 11.2. The van der Waals surface area contributed by atoms with Crippen LogP contribution in [0, 0.1) is 5.92 Å². The number of imidazole rings is 2. The summed E-state index contributed by atoms with van der Waals surface area (Å²) in [6.07, 6.45) is 6.88. The zero-order valence-electron chi connectivity index (χ0n) is 33.7. The minimum Gasteiger partial charge on any atom is -0.453 e. The predicted molar refractivity (Wildman–Crippen MR) is 223 cm³/mol. The molecule has 2 aliphatic heterocycles. The van der Waals surface area contributed by atoms with Crippen LogP contribution in [0.4, 0.5) is 4.79 Å². The Morgan fingerprint density at radius 3 is 1.72 bits per heavy atom. The standard InChI is InChI=1S/C38H44N8O4.C5H8.CH4O/c1-22(2)34(39-3)37(48)46-18-6-8-32(46)36-42-28-16-14-26(20-30(28)44-36)24-11-9-23(10-12-24)25-13-15-27-29(19-25)43-35(41-27)31-7-5-17-45(31)33(47)21-40-38(49)50-4;1-5-3-2-4-5;1-2/h9-16,19-20,22,31-32,34,39H,5-8,17-18,21H2,1-4H3,(H,40,49)(H,41,43)(H,42,44);1-4H2;2H,1H3/t31-,32-,34?;;/m0../s1. The Hall–Kier alpha value is -5.53. The molecule has 4 heterocycles. The summed E-state index contributed by atoms with van der Waals surface area (Å²) in [6.45, 7) is 9.15. The van der Waals surface area contributed by atoms with Crippen molar-refractivity contribution in [3.05, 3.63) is 84.5 Å². The van der Waals surface area contributed by atoms with Crippen LogP contribution in [0.2, 0.25) is 0 Å². The molecule has 1 unspecified atom stereocenters. The van der Waals surface area contributed by atoms with Crippen molar-refractivity contribution < 1.29 is 24.2 Å². The number of allylic oxidation sites excluding steroid dienone is 1. The second kappa shape index (κ2) is 18.6. The number of aromatic amines is 2. The minimum absolute atomic E-state index is 0.0505. The number of benzene rings is 3. The van der Waals surface area contributed by atoms with Crippen LogP contribution in [-0.4, -0.2) is 99.7 Å². The Bertz CT molecular complexity index is 2190. The van der Waals surface area contributed by atoms with Crippen molar-refractivity contribution in [3.63, 3.8) is 0 Å². The minimum atomic E-state index is -0.627. The summed E-state index contributed by atoms with van der Waals surface area (Å²) in [5.74, 6) is 1.77. The van der Waals surface area contributed by atoms with Gasteiger partial charge in [-0.3, -0.25) is 9.59 Å². The van der Waals surface area contributed by atoms with Gasteiger partial charge in [0, 0.05) is 20.2 Å². The molecular weight excluding hydrogens is 721 g/mol. The summed E-state index contributed by atoms with van der Waals surface area (Å²) >= 11 is 0. The molecule has 0 spiro atoms. The number of H-pyrrole nitrogens is 2. The fourth-order valence-electron chi connectivity index (χ4n) is 7.92. The molecule has 57 heavy (non-hydrogen) atoms. The van der Waals surface area contributed by atoms with Crippen molar-refractivity contribution in [2.45, 2.75) is 76.9 Å². The highest BCUT2D eigenvalue weighted by atomic mass is 16.5. The first kappa shape index (κ1) is 41.1. The number of aliphatic hydroxyl groups is 1. The van der Waals surface area contributed by atoms with Crippen LogP contribution in [0.1, 0.15) is 82.5 Å². The van der Waals surface area contributed by atoms with Crippen molar-refractivity contribution in [1.29, 1.82) is 0 Å². The van der Waals surface area contributed by atoms with E-state index in [1.54, 1.807) is 4.90 Å². The van der Waals surface area contributed by atoms with Gasteiger partial charge < -0.3 is 40.2 Å². The maximum Gasteiger partial charge on any atom is 0.407 e. The third kappa shape index (κ3) is 9.21. The van der Waals surface area contributed by atoms with Gasteiger partial charge in [0.1, 0.15) is 18.2 Å². The Kier molecular flexibility index (Phi) is 13.4. The number of ether oxygens (including phenoxy) is 1. The molecule has 3 aromatic carbocycles. The third-order valence-corrected chi connectivity index (χ3v) is 11.2. The number of hydrogen-bond acceptors (Lipinski definition) is 8. The number of aliphatic hydroxyl groups excluding tert-OH is 1. The Balaban J connectivity index is 0.000000719. The number of amides is 3. The van der Waals surface area contributed by atoms with Gasteiger partial charge in [0.2, 0.25) is 11.8 Å². The van der Waals surface area contributed by atoms with Gasteiger partial charge in [-0.25, -0.2) is 14.8 Å². The lowest BCUT2D eigenvalue weighted by Crippen LogP contribution is -2.47. The average molecular weight is 777 g/mol. The highest BCUT2D eigenvalue weighted by molar-refractivity contribution is 5.86. The topological polar surface area (TPSA) is 169 Å². The van der Waals surface area contributed by atoms with Gasteiger partial charge in [-0.15, -0.1) is 0 Å². The van der Waals surface area contributed by atoms with Crippen LogP contribution >= 0.6 is 0 Å². The Morgan fingerprint density at radius 2 is 1.28 bits per heavy atom. The first-order valence-corrected chi connectivity index (χ1v) is 19.9. The smallest absolute Gasteiger partial charge is 0.407 e. The molecule has 5 aromatic rings. The van der Waals surface area contributed by atoms with Crippen LogP contribution in [0.5, 0.6) is 0 Å². The van der Waals surface area contributed by atoms with Gasteiger partial charge in [-0.2, -0.15) is 0 Å². The number of alkyl carbamates (subject to hydrolysis) is 1. The molecule has 8 rings (SSSR count). The van der Waals surface area contributed by atoms with E-state index in [2.05, 4.69) is 94.3 Å². The van der Waals surface area contributed by atoms with E-state index < -0.39 is 6.09 Å². The number of hydrogen-bond donors (Lipinski definition) is 5. The van der Waals surface area contributed by atoms with Gasteiger partial charge in [0.05, 0.1) is 47.3 Å². The molecule has 0 bridgehead atoms. The molecule has 3 atom stereocenters. The van der Waals surface area contributed by atoms with E-state index in [1.165, 1.54) is 31.9 Å². The lowest BCUT2D eigenvalue weighted by atomic mass is 9.95. The molecule has 2 aromatic heterocycles. The number of likely N-dealkylation sites (tertiary alicyclic amines) is 2. The van der Waals surface area contributed by atoms with Crippen molar-refractivity contribution in [2.24, 2.45) is 5.92 Å². The van der Waals surface area contributed by atoms with Gasteiger partial charge in [-0.05, 0) is 104 Å². The number of carbonyl (C=O) groups excluding carboxylic acids is 3. The number of nitrogens with zero attached hydrogens (tertiary/aromatic N) is 4. The second-order valence-corrected chi connectivity index (χ2v) is 15.2. The van der Waals surface area contributed by atoms with Crippen LogP contribution in [-0.2, 0) is 14.3 Å². The van der Waals surface area contributed by atoms with Crippen LogP contribution in [0.15, 0.2) is 72.8 Å². The summed E-state index contributed by atoms with van der Waals surface area (Å²) in [7, 11) is 4.12. The predicted octanol–water partition coefficient (Wildman–Crippen LogP) is 7.04. The Morgan fingerprint density at radius 1 is 0.807 bits per heavy atom. The SMILES string of the molecule is C=C1CCC1.CNC(C(=O)N1CCC[C@H]1c1nc2ccc(-c3ccc(-c4ccc5nc([C@@H]6CCCN6C(=O)CNC(=O)OC)[nH]c5c4)cc3)cc2[nH]1)C(C)C.CO. The maximum atomic E-state index is 13.4. The molecule has 2 saturated heterocycles. The number of likely N-dealkylation sites (N-methyl/N-ethyl adjacent to an activating group) is 1. The quantitative estimate of drug-likeness (QED) is 0.0995. The number of nitrogens with one attached hydrogen (secondary N) is 4.